The number of rotatable bonds is 2. The lowest BCUT2D eigenvalue weighted by atomic mass is 9.84. The lowest BCUT2D eigenvalue weighted by molar-refractivity contribution is 0.0986. The second-order valence-electron chi connectivity index (χ2n) is 4.05. The number of carbonyl (C=O) groups is 2. The molecule has 16 heavy (non-hydrogen) atoms. The monoisotopic (exact) mass is 218 g/mol. The Kier molecular flexibility index (Phi) is 2.64. The van der Waals surface area contributed by atoms with Gasteiger partial charge in [-0.25, -0.2) is 0 Å². The van der Waals surface area contributed by atoms with Crippen molar-refractivity contribution in [3.63, 3.8) is 0 Å². The Morgan fingerprint density at radius 1 is 0.875 bits per heavy atom. The number of fused-ring (bicyclic) bond motifs is 1. The molecule has 4 nitrogen and oxygen atoms in total. The van der Waals surface area contributed by atoms with Gasteiger partial charge in [0, 0.05) is 11.1 Å². The first-order valence-electron chi connectivity index (χ1n) is 5.35. The fourth-order valence-electron chi connectivity index (χ4n) is 2.33. The number of amides is 2. The van der Waals surface area contributed by atoms with Gasteiger partial charge in [0.05, 0.1) is 0 Å². The zero-order chi connectivity index (χ0) is 11.7. The molecule has 0 aromatic heterocycles. The van der Waals surface area contributed by atoms with Gasteiger partial charge in [-0.2, -0.15) is 0 Å². The molecule has 0 saturated carbocycles. The molecule has 0 radical (unpaired) electrons. The van der Waals surface area contributed by atoms with Gasteiger partial charge in [0.1, 0.15) is 0 Å². The molecule has 0 heterocycles. The Morgan fingerprint density at radius 3 is 1.56 bits per heavy atom. The Morgan fingerprint density at radius 2 is 1.25 bits per heavy atom. The summed E-state index contributed by atoms with van der Waals surface area (Å²) in [5, 5.41) is 0. The Labute approximate surface area is 93.6 Å². The van der Waals surface area contributed by atoms with Crippen LogP contribution in [0.5, 0.6) is 0 Å². The van der Waals surface area contributed by atoms with Crippen LogP contribution in [0.2, 0.25) is 0 Å². The highest BCUT2D eigenvalue weighted by molar-refractivity contribution is 5.99. The van der Waals surface area contributed by atoms with Crippen molar-refractivity contribution in [2.45, 2.75) is 25.7 Å². The minimum Gasteiger partial charge on any atom is -0.366 e. The zero-order valence-electron chi connectivity index (χ0n) is 8.95. The quantitative estimate of drug-likeness (QED) is 0.767. The molecule has 0 aliphatic heterocycles. The molecule has 2 amide bonds. The molecule has 0 fully saturated rings. The van der Waals surface area contributed by atoms with Gasteiger partial charge >= 0.3 is 0 Å². The van der Waals surface area contributed by atoms with E-state index in [0.29, 0.717) is 11.1 Å². The van der Waals surface area contributed by atoms with Crippen LogP contribution in [-0.4, -0.2) is 11.8 Å². The molecule has 0 unspecified atom stereocenters. The molecule has 1 aromatic rings. The summed E-state index contributed by atoms with van der Waals surface area (Å²) >= 11 is 0. The van der Waals surface area contributed by atoms with Crippen molar-refractivity contribution in [2.24, 2.45) is 11.5 Å². The second kappa shape index (κ2) is 3.96. The third-order valence-electron chi connectivity index (χ3n) is 3.07. The smallest absolute Gasteiger partial charge is 0.248 e. The summed E-state index contributed by atoms with van der Waals surface area (Å²) in [6.45, 7) is 0. The number of carbonyl (C=O) groups excluding carboxylic acids is 2. The first-order chi connectivity index (χ1) is 7.61. The molecule has 1 aromatic carbocycles. The predicted octanol–water partition coefficient (Wildman–Crippen LogP) is 0.763. The second-order valence-corrected chi connectivity index (χ2v) is 4.05. The van der Waals surface area contributed by atoms with E-state index in [1.54, 1.807) is 12.1 Å². The molecule has 0 atom stereocenters. The molecule has 0 saturated heterocycles. The molecule has 0 spiro atoms. The molecule has 1 aliphatic rings. The average molecular weight is 218 g/mol. The minimum atomic E-state index is -0.436. The van der Waals surface area contributed by atoms with Crippen molar-refractivity contribution < 1.29 is 9.59 Å². The lowest BCUT2D eigenvalue weighted by Gasteiger charge is -2.20. The number of primary amides is 2. The van der Waals surface area contributed by atoms with Gasteiger partial charge in [-0.1, -0.05) is 0 Å². The summed E-state index contributed by atoms with van der Waals surface area (Å²) in [7, 11) is 0. The Balaban J connectivity index is 2.63. The van der Waals surface area contributed by atoms with Crippen molar-refractivity contribution >= 4 is 11.8 Å². The lowest BCUT2D eigenvalue weighted by Crippen LogP contribution is -2.21. The summed E-state index contributed by atoms with van der Waals surface area (Å²) in [5.74, 6) is -0.872. The summed E-state index contributed by atoms with van der Waals surface area (Å²) in [6, 6.07) is 3.21. The standard InChI is InChI=1S/C12H14N2O2/c13-11(15)9-5-6-10(12(14)16)8-4-2-1-3-7(8)9/h5-6H,1-4H2,(H2,13,15)(H2,14,16). The van der Waals surface area contributed by atoms with Crippen LogP contribution in [0.4, 0.5) is 0 Å². The van der Waals surface area contributed by atoms with E-state index in [2.05, 4.69) is 0 Å². The number of hydrogen-bond acceptors (Lipinski definition) is 2. The van der Waals surface area contributed by atoms with Gasteiger partial charge in [-0.15, -0.1) is 0 Å². The largest absolute Gasteiger partial charge is 0.366 e. The molecular weight excluding hydrogens is 204 g/mol. The highest BCUT2D eigenvalue weighted by atomic mass is 16.1. The van der Waals surface area contributed by atoms with Crippen molar-refractivity contribution in [1.82, 2.24) is 0 Å². The van der Waals surface area contributed by atoms with Crippen LogP contribution in [0, 0.1) is 0 Å². The predicted molar refractivity (Wildman–Crippen MR) is 60.1 cm³/mol. The fraction of sp³-hybridized carbons (Fsp3) is 0.333. The number of nitrogens with two attached hydrogens (primary N) is 2. The van der Waals surface area contributed by atoms with Crippen LogP contribution in [0.1, 0.15) is 44.7 Å². The molecule has 0 bridgehead atoms. The van der Waals surface area contributed by atoms with E-state index in [1.165, 1.54) is 0 Å². The van der Waals surface area contributed by atoms with E-state index in [-0.39, 0.29) is 0 Å². The first kappa shape index (κ1) is 10.7. The Hall–Kier alpha value is -1.84. The van der Waals surface area contributed by atoms with Crippen LogP contribution in [0.3, 0.4) is 0 Å². The van der Waals surface area contributed by atoms with Gasteiger partial charge in [0.25, 0.3) is 0 Å². The third kappa shape index (κ3) is 1.66. The maximum atomic E-state index is 11.3. The van der Waals surface area contributed by atoms with Crippen molar-refractivity contribution in [3.8, 4) is 0 Å². The summed E-state index contributed by atoms with van der Waals surface area (Å²) in [6.07, 6.45) is 3.65. The first-order valence-corrected chi connectivity index (χ1v) is 5.35. The van der Waals surface area contributed by atoms with Crippen molar-refractivity contribution in [2.75, 3.05) is 0 Å². The number of hydrogen-bond donors (Lipinski definition) is 2. The Bertz CT molecular complexity index is 423. The van der Waals surface area contributed by atoms with E-state index in [9.17, 15) is 9.59 Å². The SMILES string of the molecule is NC(=O)c1ccc(C(N)=O)c2c1CCCC2. The van der Waals surface area contributed by atoms with Gasteiger partial charge in [0.15, 0.2) is 0 Å². The molecule has 84 valence electrons. The van der Waals surface area contributed by atoms with E-state index >= 15 is 0 Å². The maximum absolute atomic E-state index is 11.3. The highest BCUT2D eigenvalue weighted by Gasteiger charge is 2.20. The average Bonchev–Trinajstić information content (AvgIpc) is 2.27. The summed E-state index contributed by atoms with van der Waals surface area (Å²) in [5.41, 5.74) is 13.5. The molecule has 2 rings (SSSR count). The fourth-order valence-corrected chi connectivity index (χ4v) is 2.33. The zero-order valence-corrected chi connectivity index (χ0v) is 8.95. The molecular formula is C12H14N2O2. The van der Waals surface area contributed by atoms with Gasteiger partial charge in [0.2, 0.25) is 11.8 Å². The summed E-state index contributed by atoms with van der Waals surface area (Å²) in [4.78, 5) is 22.5. The normalized spacial score (nSPS) is 14.2. The van der Waals surface area contributed by atoms with E-state index in [0.717, 1.165) is 36.8 Å². The van der Waals surface area contributed by atoms with Gasteiger partial charge < -0.3 is 11.5 Å². The van der Waals surface area contributed by atoms with Crippen LogP contribution >= 0.6 is 0 Å². The van der Waals surface area contributed by atoms with Gasteiger partial charge in [-0.3, -0.25) is 9.59 Å². The number of benzene rings is 1. The van der Waals surface area contributed by atoms with Crippen LogP contribution in [-0.2, 0) is 12.8 Å². The van der Waals surface area contributed by atoms with Crippen LogP contribution < -0.4 is 11.5 Å². The highest BCUT2D eigenvalue weighted by Crippen LogP contribution is 2.27. The van der Waals surface area contributed by atoms with E-state index in [1.807, 2.05) is 0 Å². The molecule has 1 aliphatic carbocycles. The summed E-state index contributed by atoms with van der Waals surface area (Å²) < 4.78 is 0. The van der Waals surface area contributed by atoms with Crippen LogP contribution in [0.25, 0.3) is 0 Å². The maximum Gasteiger partial charge on any atom is 0.248 e. The molecule has 4 N–H and O–H groups in total. The van der Waals surface area contributed by atoms with Crippen molar-refractivity contribution in [1.29, 1.82) is 0 Å². The van der Waals surface area contributed by atoms with Gasteiger partial charge in [-0.05, 0) is 48.9 Å². The van der Waals surface area contributed by atoms with Crippen LogP contribution in [0.15, 0.2) is 12.1 Å². The van der Waals surface area contributed by atoms with Crippen molar-refractivity contribution in [3.05, 3.63) is 34.4 Å². The van der Waals surface area contributed by atoms with E-state index < -0.39 is 11.8 Å². The topological polar surface area (TPSA) is 86.2 Å². The molecule has 4 heteroatoms. The third-order valence-corrected chi connectivity index (χ3v) is 3.07. The minimum absolute atomic E-state index is 0.436. The van der Waals surface area contributed by atoms with E-state index in [4.69, 9.17) is 11.5 Å².